The molecule has 3 aromatic carbocycles. The van der Waals surface area contributed by atoms with Crippen molar-refractivity contribution in [3.05, 3.63) is 116 Å². The number of rotatable bonds is 7. The highest BCUT2D eigenvalue weighted by molar-refractivity contribution is 7.85. The van der Waals surface area contributed by atoms with Gasteiger partial charge in [-0.15, -0.1) is 0 Å². The Bertz CT molecular complexity index is 2540. The highest BCUT2D eigenvalue weighted by Crippen LogP contribution is 2.32. The quantitative estimate of drug-likeness (QED) is 0.200. The number of benzene rings is 3. The number of amides is 2. The van der Waals surface area contributed by atoms with Gasteiger partial charge >= 0.3 is 17.9 Å². The fraction of sp³-hybridized carbons (Fsp3) is 0.289. The Balaban J connectivity index is 1.29. The zero-order valence-electron chi connectivity index (χ0n) is 30.2. The zero-order valence-corrected chi connectivity index (χ0v) is 31.0. The largest absolute Gasteiger partial charge is 0.416 e. The monoisotopic (exact) mass is 775 g/mol. The van der Waals surface area contributed by atoms with Crippen LogP contribution in [0.1, 0.15) is 51.9 Å². The van der Waals surface area contributed by atoms with Crippen molar-refractivity contribution in [1.29, 1.82) is 5.26 Å². The van der Waals surface area contributed by atoms with Crippen molar-refractivity contribution in [1.82, 2.24) is 29.1 Å². The van der Waals surface area contributed by atoms with Crippen LogP contribution in [0.5, 0.6) is 0 Å². The summed E-state index contributed by atoms with van der Waals surface area (Å²) in [6, 6.07) is 14.2. The van der Waals surface area contributed by atoms with Gasteiger partial charge in [0.2, 0.25) is 5.91 Å². The third-order valence-electron chi connectivity index (χ3n) is 10.1. The van der Waals surface area contributed by atoms with Crippen LogP contribution in [0.3, 0.4) is 0 Å². The van der Waals surface area contributed by atoms with Gasteiger partial charge in [-0.05, 0) is 117 Å². The number of imidazole rings is 1. The standard InChI is InChI=1S/C38H36F3N7O6S/c1-22-23(2)27(18-33(24(22)3)55(52,53)54)19-34(49)45-16-13-29(14-17-45)44-36(50)47-35(32-12-15-43-48(32)30-10-8-26(21-42)9-11-30)25(4)46(37(47)51)31-7-5-6-28(20-31)38(39,40)41/h5-12,15,18,20,29H,13-14,16-17,19H2,1-4H3,(H,44,50)(H,52,53,54). The lowest BCUT2D eigenvalue weighted by Gasteiger charge is -2.32. The Morgan fingerprint density at radius 3 is 2.25 bits per heavy atom. The lowest BCUT2D eigenvalue weighted by atomic mass is 9.96. The highest BCUT2D eigenvalue weighted by atomic mass is 32.2. The number of nitrogens with zero attached hydrogens (tertiary/aromatic N) is 6. The Morgan fingerprint density at radius 1 is 0.964 bits per heavy atom. The molecule has 0 saturated carbocycles. The number of nitrogens with one attached hydrogen (secondary N) is 1. The lowest BCUT2D eigenvalue weighted by Crippen LogP contribution is -2.49. The molecule has 0 bridgehead atoms. The first-order valence-corrected chi connectivity index (χ1v) is 18.6. The fourth-order valence-electron chi connectivity index (χ4n) is 6.91. The molecule has 1 aliphatic heterocycles. The number of hydrogen-bond acceptors (Lipinski definition) is 7. The Labute approximate surface area is 314 Å². The molecule has 1 saturated heterocycles. The van der Waals surface area contributed by atoms with E-state index in [1.165, 1.54) is 36.0 Å². The molecular formula is C38H36F3N7O6S. The molecule has 2 amide bonds. The van der Waals surface area contributed by atoms with Gasteiger partial charge in [0.05, 0.1) is 57.5 Å². The molecule has 0 aliphatic carbocycles. The smallest absolute Gasteiger partial charge is 0.342 e. The van der Waals surface area contributed by atoms with Crippen LogP contribution in [0.25, 0.3) is 22.8 Å². The zero-order chi connectivity index (χ0) is 40.0. The normalized spacial score (nSPS) is 13.8. The minimum Gasteiger partial charge on any atom is -0.342 e. The molecular weight excluding hydrogens is 740 g/mol. The predicted molar refractivity (Wildman–Crippen MR) is 195 cm³/mol. The highest BCUT2D eigenvalue weighted by Gasteiger charge is 2.33. The van der Waals surface area contributed by atoms with Crippen LogP contribution >= 0.6 is 0 Å². The molecule has 0 atom stereocenters. The van der Waals surface area contributed by atoms with Crippen LogP contribution in [0.15, 0.2) is 76.6 Å². The minimum absolute atomic E-state index is 0.0717. The summed E-state index contributed by atoms with van der Waals surface area (Å²) in [7, 11) is -4.51. The number of aromatic nitrogens is 4. The van der Waals surface area contributed by atoms with E-state index in [9.17, 15) is 45.8 Å². The third-order valence-corrected chi connectivity index (χ3v) is 11.1. The van der Waals surface area contributed by atoms with Gasteiger partial charge in [0.25, 0.3) is 10.1 Å². The Kier molecular flexibility index (Phi) is 10.3. The van der Waals surface area contributed by atoms with E-state index in [-0.39, 0.29) is 53.1 Å². The maximum absolute atomic E-state index is 14.2. The molecule has 286 valence electrons. The second-order valence-corrected chi connectivity index (χ2v) is 14.8. The molecule has 1 fully saturated rings. The van der Waals surface area contributed by atoms with E-state index < -0.39 is 39.6 Å². The van der Waals surface area contributed by atoms with Gasteiger partial charge < -0.3 is 10.2 Å². The van der Waals surface area contributed by atoms with Gasteiger partial charge in [0, 0.05) is 19.1 Å². The molecule has 2 aromatic heterocycles. The second-order valence-electron chi connectivity index (χ2n) is 13.4. The molecule has 5 aromatic rings. The molecule has 1 aliphatic rings. The molecule has 17 heteroatoms. The van der Waals surface area contributed by atoms with Gasteiger partial charge in [0.1, 0.15) is 5.69 Å². The van der Waals surface area contributed by atoms with Gasteiger partial charge in [-0.3, -0.25) is 13.9 Å². The number of piperidine rings is 1. The van der Waals surface area contributed by atoms with E-state index in [4.69, 9.17) is 0 Å². The van der Waals surface area contributed by atoms with Crippen molar-refractivity contribution in [3.63, 3.8) is 0 Å². The predicted octanol–water partition coefficient (Wildman–Crippen LogP) is 5.65. The maximum Gasteiger partial charge on any atom is 0.416 e. The van der Waals surface area contributed by atoms with Crippen molar-refractivity contribution >= 4 is 22.1 Å². The van der Waals surface area contributed by atoms with Gasteiger partial charge in [-0.25, -0.2) is 18.8 Å². The first-order valence-electron chi connectivity index (χ1n) is 17.1. The number of halogens is 3. The summed E-state index contributed by atoms with van der Waals surface area (Å²) < 4.78 is 78.2. The summed E-state index contributed by atoms with van der Waals surface area (Å²) in [5.41, 5.74) is 1.62. The molecule has 6 rings (SSSR count). The molecule has 0 radical (unpaired) electrons. The minimum atomic E-state index is -4.69. The Morgan fingerprint density at radius 2 is 1.64 bits per heavy atom. The van der Waals surface area contributed by atoms with Crippen molar-refractivity contribution in [2.45, 2.75) is 64.1 Å². The first-order chi connectivity index (χ1) is 25.9. The summed E-state index contributed by atoms with van der Waals surface area (Å²) in [4.78, 5) is 43.0. The van der Waals surface area contributed by atoms with E-state index in [0.29, 0.717) is 40.8 Å². The molecule has 0 spiro atoms. The molecule has 3 heterocycles. The van der Waals surface area contributed by atoms with E-state index in [0.717, 1.165) is 26.8 Å². The number of carbonyl (C=O) groups excluding carboxylic acids is 2. The molecule has 0 unspecified atom stereocenters. The van der Waals surface area contributed by atoms with Crippen LogP contribution in [0.4, 0.5) is 18.0 Å². The van der Waals surface area contributed by atoms with E-state index >= 15 is 0 Å². The summed E-state index contributed by atoms with van der Waals surface area (Å²) in [6.45, 7) is 7.05. The van der Waals surface area contributed by atoms with Crippen molar-refractivity contribution in [2.24, 2.45) is 0 Å². The SMILES string of the molecule is Cc1c(CC(=O)N2CCC(NC(=O)n3c(-c4ccnn4-c4ccc(C#N)cc4)c(C)n(-c4cccc(C(F)(F)F)c4)c3=O)CC2)cc(S(=O)(=O)O)c(C)c1C. The maximum atomic E-state index is 14.2. The van der Waals surface area contributed by atoms with Crippen molar-refractivity contribution in [3.8, 4) is 28.8 Å². The average Bonchev–Trinajstić information content (AvgIpc) is 3.72. The summed E-state index contributed by atoms with van der Waals surface area (Å²) in [5, 5.41) is 16.5. The number of alkyl halides is 3. The van der Waals surface area contributed by atoms with Crippen LogP contribution in [0, 0.1) is 39.0 Å². The number of carbonyl (C=O) groups is 2. The summed E-state index contributed by atoms with van der Waals surface area (Å²) >= 11 is 0. The topological polar surface area (TPSA) is 172 Å². The van der Waals surface area contributed by atoms with Crippen LogP contribution in [0.2, 0.25) is 0 Å². The summed E-state index contributed by atoms with van der Waals surface area (Å²) in [6.07, 6.45) is -2.75. The third kappa shape index (κ3) is 7.55. The second kappa shape index (κ2) is 14.7. The number of hydrogen-bond donors (Lipinski definition) is 2. The number of likely N-dealkylation sites (tertiary alicyclic amines) is 1. The van der Waals surface area contributed by atoms with Crippen molar-refractivity contribution < 1.29 is 35.7 Å². The van der Waals surface area contributed by atoms with Gasteiger partial charge in [-0.1, -0.05) is 6.07 Å². The first kappa shape index (κ1) is 38.7. The molecule has 13 nitrogen and oxygen atoms in total. The molecule has 2 N–H and O–H groups in total. The van der Waals surface area contributed by atoms with Crippen LogP contribution in [-0.2, 0) is 27.5 Å². The number of nitriles is 1. The lowest BCUT2D eigenvalue weighted by molar-refractivity contribution is -0.137. The van der Waals surface area contributed by atoms with Crippen LogP contribution in [-0.4, -0.2) is 67.9 Å². The van der Waals surface area contributed by atoms with Gasteiger partial charge in [0.15, 0.2) is 0 Å². The van der Waals surface area contributed by atoms with Gasteiger partial charge in [-0.2, -0.15) is 31.9 Å². The van der Waals surface area contributed by atoms with E-state index in [1.54, 1.807) is 56.0 Å². The molecule has 55 heavy (non-hydrogen) atoms. The average molecular weight is 776 g/mol. The fourth-order valence-corrected chi connectivity index (χ4v) is 7.74. The van der Waals surface area contributed by atoms with Crippen LogP contribution < -0.4 is 11.0 Å². The van der Waals surface area contributed by atoms with E-state index in [1.807, 2.05) is 6.07 Å². The van der Waals surface area contributed by atoms with E-state index in [2.05, 4.69) is 10.4 Å². The van der Waals surface area contributed by atoms with Crippen molar-refractivity contribution in [2.75, 3.05) is 13.1 Å². The summed E-state index contributed by atoms with van der Waals surface area (Å²) in [5.74, 6) is -0.277. The Hall–Kier alpha value is -5.99.